The first-order chi connectivity index (χ1) is 11.7. The maximum Gasteiger partial charge on any atom is 0.798 e. The lowest BCUT2D eigenvalue weighted by molar-refractivity contribution is 0.0693. The molecule has 0 bridgehead atoms. The molecule has 0 aliphatic carbocycles. The number of aromatic nitrogens is 1. The number of hydrogen-bond acceptors (Lipinski definition) is 4. The highest BCUT2D eigenvalue weighted by molar-refractivity contribution is 6.38. The normalized spacial score (nSPS) is 12.1. The molecule has 0 saturated heterocycles. The molecular formula is C14H11BF5NO4. The maximum atomic E-state index is 13.9. The minimum atomic E-state index is -3.49. The van der Waals surface area contributed by atoms with Crippen molar-refractivity contribution in [1.82, 2.24) is 4.57 Å². The van der Waals surface area contributed by atoms with Crippen molar-refractivity contribution in [3.8, 4) is 5.75 Å². The molecule has 2 aromatic rings. The number of pyridine rings is 1. The quantitative estimate of drug-likeness (QED) is 0.606. The highest BCUT2D eigenvalue weighted by atomic mass is 19.2. The standard InChI is InChI=1S/C14H11BF5NO4/c1-6(4-16)21-5-8(14(23)25-15(19)20)12(22)7-3-9(17)10(18)13(24-2)11(7)21/h3,5-6H,4H2,1-2H3. The second kappa shape index (κ2) is 7.12. The van der Waals surface area contributed by atoms with Crippen molar-refractivity contribution < 1.29 is 36.0 Å². The average molecular weight is 363 g/mol. The van der Waals surface area contributed by atoms with E-state index in [4.69, 9.17) is 4.74 Å². The maximum absolute atomic E-state index is 13.9. The van der Waals surface area contributed by atoms with Crippen LogP contribution in [-0.2, 0) is 4.65 Å². The van der Waals surface area contributed by atoms with Crippen LogP contribution < -0.4 is 10.2 Å². The number of fused-ring (bicyclic) bond motifs is 1. The van der Waals surface area contributed by atoms with Crippen molar-refractivity contribution >= 4 is 24.3 Å². The van der Waals surface area contributed by atoms with Gasteiger partial charge in [0, 0.05) is 6.20 Å². The summed E-state index contributed by atoms with van der Waals surface area (Å²) in [5.74, 6) is -5.23. The Kier molecular flexibility index (Phi) is 5.34. The zero-order valence-corrected chi connectivity index (χ0v) is 13.0. The third-order valence-corrected chi connectivity index (χ3v) is 3.48. The van der Waals surface area contributed by atoms with Gasteiger partial charge in [-0.05, 0) is 13.0 Å². The van der Waals surface area contributed by atoms with Crippen LogP contribution in [0, 0.1) is 11.6 Å². The SMILES string of the molecule is COc1c(F)c(F)cc2c(=O)c(C(=O)OB(F)F)cn(C(C)CF)c12. The van der Waals surface area contributed by atoms with E-state index in [9.17, 15) is 31.4 Å². The Bertz CT molecular complexity index is 886. The van der Waals surface area contributed by atoms with Gasteiger partial charge in [0.2, 0.25) is 11.2 Å². The van der Waals surface area contributed by atoms with Crippen molar-refractivity contribution in [1.29, 1.82) is 0 Å². The summed E-state index contributed by atoms with van der Waals surface area (Å²) in [4.78, 5) is 24.0. The topological polar surface area (TPSA) is 57.5 Å². The minimum absolute atomic E-state index is 0.315. The van der Waals surface area contributed by atoms with Crippen LogP contribution in [0.5, 0.6) is 5.75 Å². The molecule has 0 fully saturated rings. The lowest BCUT2D eigenvalue weighted by Gasteiger charge is -2.19. The van der Waals surface area contributed by atoms with Gasteiger partial charge in [0.05, 0.1) is 24.1 Å². The summed E-state index contributed by atoms with van der Waals surface area (Å²) < 4.78 is 74.6. The number of benzene rings is 1. The number of methoxy groups -OCH3 is 1. The molecule has 134 valence electrons. The van der Waals surface area contributed by atoms with Crippen LogP contribution in [0.3, 0.4) is 0 Å². The molecule has 0 amide bonds. The Hall–Kier alpha value is -2.59. The van der Waals surface area contributed by atoms with E-state index in [-0.39, 0.29) is 5.52 Å². The number of nitrogens with zero attached hydrogens (tertiary/aromatic N) is 1. The number of carbonyl (C=O) groups is 1. The molecule has 2 rings (SSSR count). The molecule has 1 atom stereocenters. The Labute approximate surface area is 138 Å². The number of rotatable bonds is 5. The molecule has 1 unspecified atom stereocenters. The second-order valence-corrected chi connectivity index (χ2v) is 5.05. The van der Waals surface area contributed by atoms with Crippen molar-refractivity contribution in [2.24, 2.45) is 0 Å². The summed E-state index contributed by atoms with van der Waals surface area (Å²) in [6, 6.07) is -0.559. The molecule has 5 nitrogen and oxygen atoms in total. The molecular weight excluding hydrogens is 352 g/mol. The fraction of sp³-hybridized carbons (Fsp3) is 0.286. The van der Waals surface area contributed by atoms with E-state index in [1.165, 1.54) is 6.92 Å². The molecule has 1 aromatic heterocycles. The second-order valence-electron chi connectivity index (χ2n) is 5.05. The molecule has 0 spiro atoms. The third-order valence-electron chi connectivity index (χ3n) is 3.48. The van der Waals surface area contributed by atoms with Gasteiger partial charge < -0.3 is 14.0 Å². The fourth-order valence-electron chi connectivity index (χ4n) is 2.33. The first-order valence-corrected chi connectivity index (χ1v) is 6.88. The molecule has 0 radical (unpaired) electrons. The molecule has 0 saturated carbocycles. The van der Waals surface area contributed by atoms with Gasteiger partial charge in [-0.2, -0.15) is 4.39 Å². The summed E-state index contributed by atoms with van der Waals surface area (Å²) in [5.41, 5.74) is -2.37. The van der Waals surface area contributed by atoms with Crippen LogP contribution in [-0.4, -0.2) is 31.8 Å². The smallest absolute Gasteiger partial charge is 0.491 e. The number of carbonyl (C=O) groups excluding carboxylic acids is 1. The van der Waals surface area contributed by atoms with Gasteiger partial charge in [0.25, 0.3) is 0 Å². The van der Waals surface area contributed by atoms with Crippen molar-refractivity contribution in [3.05, 3.63) is 39.7 Å². The summed E-state index contributed by atoms with van der Waals surface area (Å²) in [6.45, 7) is 0.302. The first-order valence-electron chi connectivity index (χ1n) is 6.88. The first kappa shape index (κ1) is 18.7. The monoisotopic (exact) mass is 363 g/mol. The Morgan fingerprint density at radius 2 is 2.00 bits per heavy atom. The lowest BCUT2D eigenvalue weighted by Crippen LogP contribution is -2.25. The van der Waals surface area contributed by atoms with E-state index in [2.05, 4.69) is 4.65 Å². The van der Waals surface area contributed by atoms with Crippen molar-refractivity contribution in [2.75, 3.05) is 13.8 Å². The van der Waals surface area contributed by atoms with E-state index in [1.807, 2.05) is 0 Å². The number of ether oxygens (including phenoxy) is 1. The molecule has 1 aromatic carbocycles. The molecule has 0 N–H and O–H groups in total. The zero-order chi connectivity index (χ0) is 18.9. The van der Waals surface area contributed by atoms with Crippen molar-refractivity contribution in [2.45, 2.75) is 13.0 Å². The predicted octanol–water partition coefficient (Wildman–Crippen LogP) is 2.90. The number of hydrogen-bond donors (Lipinski definition) is 0. The Morgan fingerprint density at radius 3 is 2.52 bits per heavy atom. The van der Waals surface area contributed by atoms with Crippen LogP contribution in [0.1, 0.15) is 23.3 Å². The largest absolute Gasteiger partial charge is 0.798 e. The van der Waals surface area contributed by atoms with Crippen LogP contribution in [0.25, 0.3) is 10.9 Å². The van der Waals surface area contributed by atoms with E-state index in [0.717, 1.165) is 17.9 Å². The Morgan fingerprint density at radius 1 is 1.36 bits per heavy atom. The van der Waals surface area contributed by atoms with Crippen LogP contribution in [0.4, 0.5) is 21.8 Å². The van der Waals surface area contributed by atoms with E-state index in [0.29, 0.717) is 6.07 Å². The van der Waals surface area contributed by atoms with Gasteiger partial charge in [-0.15, -0.1) is 0 Å². The fourth-order valence-corrected chi connectivity index (χ4v) is 2.33. The summed E-state index contributed by atoms with van der Waals surface area (Å²) in [6.07, 6.45) is 0.749. The third kappa shape index (κ3) is 3.31. The van der Waals surface area contributed by atoms with Gasteiger partial charge in [0.1, 0.15) is 12.2 Å². The molecule has 0 aliphatic rings. The molecule has 11 heteroatoms. The highest BCUT2D eigenvalue weighted by Crippen LogP contribution is 2.31. The van der Waals surface area contributed by atoms with Gasteiger partial charge in [0.15, 0.2) is 11.6 Å². The van der Waals surface area contributed by atoms with Crippen LogP contribution in [0.2, 0.25) is 0 Å². The van der Waals surface area contributed by atoms with Gasteiger partial charge in [-0.1, -0.05) is 0 Å². The summed E-state index contributed by atoms with van der Waals surface area (Å²) >= 11 is 0. The number of halogens is 5. The van der Waals surface area contributed by atoms with Gasteiger partial charge in [-0.25, -0.2) is 22.2 Å². The van der Waals surface area contributed by atoms with Gasteiger partial charge >= 0.3 is 13.4 Å². The van der Waals surface area contributed by atoms with Crippen LogP contribution in [0.15, 0.2) is 17.1 Å². The lowest BCUT2D eigenvalue weighted by atomic mass is 10.1. The van der Waals surface area contributed by atoms with E-state index >= 15 is 0 Å². The number of alkyl halides is 1. The Balaban J connectivity index is 2.94. The van der Waals surface area contributed by atoms with Crippen molar-refractivity contribution in [3.63, 3.8) is 0 Å². The van der Waals surface area contributed by atoms with E-state index < -0.39 is 59.9 Å². The summed E-state index contributed by atoms with van der Waals surface area (Å²) in [5, 5.41) is -0.542. The van der Waals surface area contributed by atoms with Gasteiger partial charge in [-0.3, -0.25) is 4.79 Å². The zero-order valence-electron chi connectivity index (χ0n) is 13.0. The summed E-state index contributed by atoms with van der Waals surface area (Å²) in [7, 11) is -2.49. The predicted molar refractivity (Wildman–Crippen MR) is 78.7 cm³/mol. The minimum Gasteiger partial charge on any atom is -0.491 e. The molecule has 0 aliphatic heterocycles. The average Bonchev–Trinajstić information content (AvgIpc) is 2.55. The highest BCUT2D eigenvalue weighted by Gasteiger charge is 2.28. The van der Waals surface area contributed by atoms with Crippen LogP contribution >= 0.6 is 0 Å². The molecule has 25 heavy (non-hydrogen) atoms. The molecule has 1 heterocycles. The van der Waals surface area contributed by atoms with E-state index in [1.54, 1.807) is 0 Å².